The lowest BCUT2D eigenvalue weighted by Gasteiger charge is -2.06. The van der Waals surface area contributed by atoms with E-state index in [4.69, 9.17) is 9.78 Å². The third kappa shape index (κ3) is 3.93. The predicted molar refractivity (Wildman–Crippen MR) is 77.2 cm³/mol. The van der Waals surface area contributed by atoms with Crippen molar-refractivity contribution in [1.29, 1.82) is 0 Å². The normalized spacial score (nSPS) is 10.3. The van der Waals surface area contributed by atoms with Crippen LogP contribution in [0.2, 0.25) is 0 Å². The van der Waals surface area contributed by atoms with Crippen LogP contribution in [0.5, 0.6) is 0 Å². The zero-order valence-electron chi connectivity index (χ0n) is 11.8. The molecule has 0 aromatic heterocycles. The van der Waals surface area contributed by atoms with Crippen LogP contribution in [-0.4, -0.2) is 5.97 Å². The molecule has 0 heterocycles. The largest absolute Gasteiger partial charge is 0.373 e. The molecule has 0 unspecified atom stereocenters. The van der Waals surface area contributed by atoms with Crippen molar-refractivity contribution in [3.63, 3.8) is 0 Å². The fourth-order valence-corrected chi connectivity index (χ4v) is 1.96. The van der Waals surface area contributed by atoms with Gasteiger partial charge in [-0.3, -0.25) is 4.89 Å². The van der Waals surface area contributed by atoms with Gasteiger partial charge in [0.1, 0.15) is 6.61 Å². The molecule has 20 heavy (non-hydrogen) atoms. The Morgan fingerprint density at radius 2 is 1.80 bits per heavy atom. The molecule has 0 aliphatic carbocycles. The summed E-state index contributed by atoms with van der Waals surface area (Å²) in [6.07, 6.45) is 0.882. The highest BCUT2D eigenvalue weighted by molar-refractivity contribution is 5.89. The van der Waals surface area contributed by atoms with E-state index in [0.29, 0.717) is 5.56 Å². The highest BCUT2D eigenvalue weighted by Gasteiger charge is 2.10. The smallest absolute Gasteiger partial charge is 0.292 e. The van der Waals surface area contributed by atoms with Crippen LogP contribution >= 0.6 is 0 Å². The minimum atomic E-state index is -0.459. The third-order valence-corrected chi connectivity index (χ3v) is 2.98. The molecule has 0 saturated heterocycles. The van der Waals surface area contributed by atoms with Crippen LogP contribution in [0.4, 0.5) is 0 Å². The number of hydrogen-bond donors (Lipinski definition) is 0. The fourth-order valence-electron chi connectivity index (χ4n) is 1.96. The number of hydrogen-bond acceptors (Lipinski definition) is 3. The molecule has 0 spiro atoms. The van der Waals surface area contributed by atoms with E-state index in [-0.39, 0.29) is 6.61 Å². The van der Waals surface area contributed by atoms with Crippen molar-refractivity contribution in [2.45, 2.75) is 26.9 Å². The maximum Gasteiger partial charge on any atom is 0.373 e. The van der Waals surface area contributed by atoms with Gasteiger partial charge in [-0.25, -0.2) is 4.79 Å². The second-order valence-electron chi connectivity index (χ2n) is 4.68. The van der Waals surface area contributed by atoms with Gasteiger partial charge < -0.3 is 0 Å². The monoisotopic (exact) mass is 270 g/mol. The Labute approximate surface area is 119 Å². The minimum Gasteiger partial charge on any atom is -0.292 e. The van der Waals surface area contributed by atoms with Gasteiger partial charge in [-0.05, 0) is 42.2 Å². The lowest BCUT2D eigenvalue weighted by atomic mass is 10.1. The topological polar surface area (TPSA) is 35.5 Å². The van der Waals surface area contributed by atoms with E-state index >= 15 is 0 Å². The first kappa shape index (κ1) is 14.3. The quantitative estimate of drug-likeness (QED) is 0.611. The van der Waals surface area contributed by atoms with Gasteiger partial charge >= 0.3 is 5.97 Å². The molecule has 0 atom stereocenters. The molecule has 0 N–H and O–H groups in total. The molecule has 3 heteroatoms. The molecule has 0 amide bonds. The first-order valence-corrected chi connectivity index (χ1v) is 6.67. The van der Waals surface area contributed by atoms with E-state index in [2.05, 4.69) is 13.0 Å². The van der Waals surface area contributed by atoms with Gasteiger partial charge in [0.05, 0.1) is 5.56 Å². The predicted octanol–water partition coefficient (Wildman–Crippen LogP) is 3.85. The summed E-state index contributed by atoms with van der Waals surface area (Å²) in [6, 6.07) is 15.3. The molecule has 0 aliphatic rings. The molecule has 0 saturated carbocycles. The summed E-state index contributed by atoms with van der Waals surface area (Å²) in [7, 11) is 0. The Morgan fingerprint density at radius 3 is 2.50 bits per heavy atom. The van der Waals surface area contributed by atoms with Gasteiger partial charge in [0.2, 0.25) is 0 Å². The molecule has 3 nitrogen and oxygen atoms in total. The van der Waals surface area contributed by atoms with Crippen LogP contribution < -0.4 is 0 Å². The van der Waals surface area contributed by atoms with Gasteiger partial charge in [0.15, 0.2) is 0 Å². The van der Waals surface area contributed by atoms with Crippen molar-refractivity contribution < 1.29 is 14.6 Å². The van der Waals surface area contributed by atoms with Crippen molar-refractivity contribution in [2.24, 2.45) is 0 Å². The number of carbonyl (C=O) groups excluding carboxylic acids is 1. The molecule has 2 aromatic rings. The molecular formula is C17H18O3. The van der Waals surface area contributed by atoms with Gasteiger partial charge in [0, 0.05) is 0 Å². The Hall–Kier alpha value is -2.13. The Bertz CT molecular complexity index is 576. The van der Waals surface area contributed by atoms with Crippen LogP contribution in [0.1, 0.15) is 34.0 Å². The van der Waals surface area contributed by atoms with Crippen LogP contribution in [-0.2, 0) is 22.8 Å². The molecule has 0 radical (unpaired) electrons. The van der Waals surface area contributed by atoms with Gasteiger partial charge in [-0.2, -0.15) is 4.89 Å². The summed E-state index contributed by atoms with van der Waals surface area (Å²) in [5, 5.41) is 0. The van der Waals surface area contributed by atoms with E-state index in [0.717, 1.165) is 23.1 Å². The molecule has 2 aromatic carbocycles. The minimum absolute atomic E-state index is 0.249. The lowest BCUT2D eigenvalue weighted by Crippen LogP contribution is -2.07. The fraction of sp³-hybridized carbons (Fsp3) is 0.235. The van der Waals surface area contributed by atoms with Crippen LogP contribution in [0.15, 0.2) is 48.5 Å². The highest BCUT2D eigenvalue weighted by atomic mass is 17.2. The molecule has 0 bridgehead atoms. The van der Waals surface area contributed by atoms with E-state index in [1.165, 1.54) is 0 Å². The van der Waals surface area contributed by atoms with E-state index < -0.39 is 5.97 Å². The highest BCUT2D eigenvalue weighted by Crippen LogP contribution is 2.12. The van der Waals surface area contributed by atoms with Crippen molar-refractivity contribution in [3.05, 3.63) is 70.8 Å². The number of benzene rings is 2. The SMILES string of the molecule is CCc1cc(C)cc(C(=O)OOCc2ccccc2)c1. The van der Waals surface area contributed by atoms with E-state index in [1.807, 2.05) is 43.3 Å². The number of aryl methyl sites for hydroxylation is 2. The lowest BCUT2D eigenvalue weighted by molar-refractivity contribution is -0.250. The van der Waals surface area contributed by atoms with Crippen LogP contribution in [0, 0.1) is 6.92 Å². The first-order chi connectivity index (χ1) is 9.69. The van der Waals surface area contributed by atoms with Gasteiger partial charge in [0.25, 0.3) is 0 Å². The van der Waals surface area contributed by atoms with Crippen LogP contribution in [0.25, 0.3) is 0 Å². The molecule has 0 aliphatic heterocycles. The molecule has 0 fully saturated rings. The summed E-state index contributed by atoms with van der Waals surface area (Å²) in [5.74, 6) is -0.459. The standard InChI is InChI=1S/C17H18O3/c1-3-14-9-13(2)10-16(11-14)17(18)20-19-12-15-7-5-4-6-8-15/h4-11H,3,12H2,1-2H3. The van der Waals surface area contributed by atoms with E-state index in [1.54, 1.807) is 6.07 Å². The Balaban J connectivity index is 1.93. The summed E-state index contributed by atoms with van der Waals surface area (Å²) < 4.78 is 0. The number of rotatable bonds is 5. The zero-order valence-corrected chi connectivity index (χ0v) is 11.8. The average molecular weight is 270 g/mol. The van der Waals surface area contributed by atoms with Crippen molar-refractivity contribution >= 4 is 5.97 Å². The van der Waals surface area contributed by atoms with Crippen molar-refractivity contribution in [1.82, 2.24) is 0 Å². The van der Waals surface area contributed by atoms with E-state index in [9.17, 15) is 4.79 Å². The maximum atomic E-state index is 11.9. The summed E-state index contributed by atoms with van der Waals surface area (Å²) in [5.41, 5.74) is 3.63. The summed E-state index contributed by atoms with van der Waals surface area (Å²) in [4.78, 5) is 21.8. The number of carbonyl (C=O) groups is 1. The molecule has 2 rings (SSSR count). The average Bonchev–Trinajstić information content (AvgIpc) is 2.47. The Morgan fingerprint density at radius 1 is 1.05 bits per heavy atom. The summed E-state index contributed by atoms with van der Waals surface area (Å²) >= 11 is 0. The van der Waals surface area contributed by atoms with Crippen molar-refractivity contribution in [3.8, 4) is 0 Å². The zero-order chi connectivity index (χ0) is 14.4. The summed E-state index contributed by atoms with van der Waals surface area (Å²) in [6.45, 7) is 4.26. The van der Waals surface area contributed by atoms with Crippen LogP contribution in [0.3, 0.4) is 0 Å². The third-order valence-electron chi connectivity index (χ3n) is 2.98. The maximum absolute atomic E-state index is 11.9. The Kier molecular flexibility index (Phi) is 4.91. The molecule has 104 valence electrons. The van der Waals surface area contributed by atoms with Crippen molar-refractivity contribution in [2.75, 3.05) is 0 Å². The first-order valence-electron chi connectivity index (χ1n) is 6.67. The van der Waals surface area contributed by atoms with Gasteiger partial charge in [-0.1, -0.05) is 43.3 Å². The second kappa shape index (κ2) is 6.87. The second-order valence-corrected chi connectivity index (χ2v) is 4.68. The molecular weight excluding hydrogens is 252 g/mol. The van der Waals surface area contributed by atoms with Gasteiger partial charge in [-0.15, -0.1) is 0 Å².